The van der Waals surface area contributed by atoms with Gasteiger partial charge in [-0.3, -0.25) is 9.78 Å². The van der Waals surface area contributed by atoms with Crippen molar-refractivity contribution in [2.24, 2.45) is 0 Å². The van der Waals surface area contributed by atoms with E-state index in [-0.39, 0.29) is 11.3 Å². The minimum atomic E-state index is -0.199. The van der Waals surface area contributed by atoms with Crippen molar-refractivity contribution in [2.75, 3.05) is 5.32 Å². The topological polar surface area (TPSA) is 80.9 Å². The number of aromatic nitrogens is 3. The zero-order chi connectivity index (χ0) is 21.1. The molecule has 0 aliphatic rings. The summed E-state index contributed by atoms with van der Waals surface area (Å²) in [7, 11) is 0. The zero-order valence-corrected chi connectivity index (χ0v) is 17.1. The van der Waals surface area contributed by atoms with E-state index in [4.69, 9.17) is 4.52 Å². The van der Waals surface area contributed by atoms with E-state index in [0.717, 1.165) is 5.56 Å². The van der Waals surface area contributed by atoms with Crippen LogP contribution in [0.25, 0.3) is 22.8 Å². The Morgan fingerprint density at radius 1 is 0.967 bits per heavy atom. The molecule has 0 fully saturated rings. The van der Waals surface area contributed by atoms with Crippen LogP contribution in [0.2, 0.25) is 0 Å². The molecule has 0 aliphatic heterocycles. The van der Waals surface area contributed by atoms with Gasteiger partial charge in [0, 0.05) is 23.5 Å². The minimum Gasteiger partial charge on any atom is -0.334 e. The summed E-state index contributed by atoms with van der Waals surface area (Å²) < 4.78 is 5.45. The molecule has 4 rings (SSSR count). The molecule has 30 heavy (non-hydrogen) atoms. The van der Waals surface area contributed by atoms with Crippen LogP contribution in [0.3, 0.4) is 0 Å². The number of nitrogens with one attached hydrogen (secondary N) is 1. The Labute approximate surface area is 175 Å². The van der Waals surface area contributed by atoms with E-state index in [1.807, 2.05) is 60.7 Å². The SMILES string of the molecule is CC(C)(C)c1ccc(C(=O)Nc2ccccc2-c2nc(-c3cccnc3)no2)cc1. The van der Waals surface area contributed by atoms with Crippen LogP contribution in [-0.2, 0) is 5.41 Å². The monoisotopic (exact) mass is 398 g/mol. The minimum absolute atomic E-state index is 0.0333. The summed E-state index contributed by atoms with van der Waals surface area (Å²) in [5.74, 6) is 0.569. The van der Waals surface area contributed by atoms with Crippen LogP contribution in [0, 0.1) is 0 Å². The summed E-state index contributed by atoms with van der Waals surface area (Å²) in [4.78, 5) is 21.3. The third-order valence-electron chi connectivity index (χ3n) is 4.76. The maximum Gasteiger partial charge on any atom is 0.260 e. The number of pyridine rings is 1. The van der Waals surface area contributed by atoms with Crippen molar-refractivity contribution in [3.8, 4) is 22.8 Å². The Bertz CT molecular complexity index is 1160. The van der Waals surface area contributed by atoms with Gasteiger partial charge in [0.1, 0.15) is 0 Å². The Balaban J connectivity index is 1.58. The molecule has 0 spiro atoms. The molecular formula is C24H22N4O2. The van der Waals surface area contributed by atoms with Crippen LogP contribution in [-0.4, -0.2) is 21.0 Å². The lowest BCUT2D eigenvalue weighted by Crippen LogP contribution is -2.14. The van der Waals surface area contributed by atoms with E-state index in [0.29, 0.717) is 28.5 Å². The normalized spacial score (nSPS) is 11.3. The molecule has 2 aromatic heterocycles. The second-order valence-corrected chi connectivity index (χ2v) is 7.99. The molecule has 1 N–H and O–H groups in total. The summed E-state index contributed by atoms with van der Waals surface area (Å²) in [5, 5.41) is 6.99. The van der Waals surface area contributed by atoms with Crippen molar-refractivity contribution < 1.29 is 9.32 Å². The number of rotatable bonds is 4. The van der Waals surface area contributed by atoms with Gasteiger partial charge >= 0.3 is 0 Å². The fourth-order valence-corrected chi connectivity index (χ4v) is 3.04. The standard InChI is InChI=1S/C24H22N4O2/c1-24(2,3)18-12-10-16(11-13-18)22(29)26-20-9-5-4-8-19(20)23-27-21(28-30-23)17-7-6-14-25-15-17/h4-15H,1-3H3,(H,26,29). The number of carbonyl (C=O) groups excluding carboxylic acids is 1. The Kier molecular flexibility index (Phi) is 5.14. The van der Waals surface area contributed by atoms with Crippen LogP contribution in [0.5, 0.6) is 0 Å². The number of hydrogen-bond acceptors (Lipinski definition) is 5. The molecule has 0 saturated heterocycles. The summed E-state index contributed by atoms with van der Waals surface area (Å²) >= 11 is 0. The Morgan fingerprint density at radius 3 is 2.43 bits per heavy atom. The van der Waals surface area contributed by atoms with Gasteiger partial charge in [0.05, 0.1) is 11.3 Å². The fourth-order valence-electron chi connectivity index (χ4n) is 3.04. The van der Waals surface area contributed by atoms with Crippen LogP contribution in [0.15, 0.2) is 77.6 Å². The first-order valence-corrected chi connectivity index (χ1v) is 9.67. The molecule has 0 saturated carbocycles. The molecule has 0 atom stereocenters. The first-order chi connectivity index (χ1) is 14.4. The molecule has 0 bridgehead atoms. The highest BCUT2D eigenvalue weighted by Gasteiger charge is 2.17. The van der Waals surface area contributed by atoms with Crippen LogP contribution >= 0.6 is 0 Å². The van der Waals surface area contributed by atoms with Crippen molar-refractivity contribution >= 4 is 11.6 Å². The molecule has 6 nitrogen and oxygen atoms in total. The molecule has 0 aliphatic carbocycles. The summed E-state index contributed by atoms with van der Waals surface area (Å²) in [6, 6.07) is 18.7. The van der Waals surface area contributed by atoms with E-state index >= 15 is 0 Å². The fraction of sp³-hybridized carbons (Fsp3) is 0.167. The Hall–Kier alpha value is -3.80. The second-order valence-electron chi connectivity index (χ2n) is 7.99. The molecule has 6 heteroatoms. The number of hydrogen-bond donors (Lipinski definition) is 1. The van der Waals surface area contributed by atoms with Crippen molar-refractivity contribution in [2.45, 2.75) is 26.2 Å². The molecule has 0 unspecified atom stereocenters. The van der Waals surface area contributed by atoms with Crippen molar-refractivity contribution in [1.29, 1.82) is 0 Å². The number of benzene rings is 2. The van der Waals surface area contributed by atoms with Gasteiger partial charge in [0.15, 0.2) is 0 Å². The highest BCUT2D eigenvalue weighted by molar-refractivity contribution is 6.06. The third-order valence-corrected chi connectivity index (χ3v) is 4.76. The highest BCUT2D eigenvalue weighted by Crippen LogP contribution is 2.29. The van der Waals surface area contributed by atoms with Crippen molar-refractivity contribution in [3.63, 3.8) is 0 Å². The molecule has 1 amide bonds. The average Bonchev–Trinajstić information content (AvgIpc) is 3.24. The van der Waals surface area contributed by atoms with E-state index in [1.165, 1.54) is 5.56 Å². The van der Waals surface area contributed by atoms with E-state index in [9.17, 15) is 4.79 Å². The molecule has 2 heterocycles. The van der Waals surface area contributed by atoms with Gasteiger partial charge in [-0.25, -0.2) is 0 Å². The molecular weight excluding hydrogens is 376 g/mol. The largest absolute Gasteiger partial charge is 0.334 e. The van der Waals surface area contributed by atoms with Gasteiger partial charge in [0.2, 0.25) is 5.82 Å². The number of amides is 1. The van der Waals surface area contributed by atoms with Gasteiger partial charge < -0.3 is 9.84 Å². The van der Waals surface area contributed by atoms with Crippen LogP contribution in [0.1, 0.15) is 36.7 Å². The molecule has 0 radical (unpaired) electrons. The summed E-state index contributed by atoms with van der Waals surface area (Å²) in [6.45, 7) is 6.42. The zero-order valence-electron chi connectivity index (χ0n) is 17.1. The lowest BCUT2D eigenvalue weighted by Gasteiger charge is -2.19. The van der Waals surface area contributed by atoms with Crippen LogP contribution < -0.4 is 5.32 Å². The lowest BCUT2D eigenvalue weighted by molar-refractivity contribution is 0.102. The van der Waals surface area contributed by atoms with E-state index < -0.39 is 0 Å². The Morgan fingerprint density at radius 2 is 1.73 bits per heavy atom. The maximum atomic E-state index is 12.8. The number of nitrogens with zero attached hydrogens (tertiary/aromatic N) is 3. The second kappa shape index (κ2) is 7.91. The predicted octanol–water partition coefficient (Wildman–Crippen LogP) is 5.35. The number of para-hydroxylation sites is 1. The maximum absolute atomic E-state index is 12.8. The van der Waals surface area contributed by atoms with E-state index in [2.05, 4.69) is 41.2 Å². The molecule has 150 valence electrons. The molecule has 4 aromatic rings. The van der Waals surface area contributed by atoms with Crippen LogP contribution in [0.4, 0.5) is 5.69 Å². The average molecular weight is 398 g/mol. The highest BCUT2D eigenvalue weighted by atomic mass is 16.5. The van der Waals surface area contributed by atoms with Crippen molar-refractivity contribution in [3.05, 3.63) is 84.2 Å². The summed E-state index contributed by atoms with van der Waals surface area (Å²) in [6.07, 6.45) is 3.35. The third kappa shape index (κ3) is 4.12. The molecule has 2 aromatic carbocycles. The summed E-state index contributed by atoms with van der Waals surface area (Å²) in [5.41, 5.74) is 3.80. The van der Waals surface area contributed by atoms with Gasteiger partial charge in [-0.2, -0.15) is 4.98 Å². The predicted molar refractivity (Wildman–Crippen MR) is 116 cm³/mol. The first kappa shape index (κ1) is 19.5. The quantitative estimate of drug-likeness (QED) is 0.501. The van der Waals surface area contributed by atoms with Gasteiger partial charge in [-0.1, -0.05) is 50.2 Å². The lowest BCUT2D eigenvalue weighted by atomic mass is 9.87. The van der Waals surface area contributed by atoms with Gasteiger partial charge in [-0.15, -0.1) is 0 Å². The first-order valence-electron chi connectivity index (χ1n) is 9.67. The van der Waals surface area contributed by atoms with E-state index in [1.54, 1.807) is 12.4 Å². The van der Waals surface area contributed by atoms with Gasteiger partial charge in [-0.05, 0) is 47.4 Å². The number of anilines is 1. The van der Waals surface area contributed by atoms with Crippen molar-refractivity contribution in [1.82, 2.24) is 15.1 Å². The van der Waals surface area contributed by atoms with Gasteiger partial charge in [0.25, 0.3) is 11.8 Å². The smallest absolute Gasteiger partial charge is 0.260 e. The number of carbonyl (C=O) groups is 1.